The highest BCUT2D eigenvalue weighted by Crippen LogP contribution is 2.33. The minimum atomic E-state index is -0.405. The van der Waals surface area contributed by atoms with Gasteiger partial charge >= 0.3 is 12.0 Å². The van der Waals surface area contributed by atoms with Gasteiger partial charge in [-0.05, 0) is 68.3 Å². The summed E-state index contributed by atoms with van der Waals surface area (Å²) in [5, 5.41) is 2.80. The number of urea groups is 1. The molecule has 0 fully saturated rings. The molecule has 4 rings (SSSR count). The van der Waals surface area contributed by atoms with Crippen molar-refractivity contribution >= 4 is 17.7 Å². The van der Waals surface area contributed by atoms with Crippen LogP contribution < -0.4 is 14.8 Å². The molecule has 0 saturated heterocycles. The highest BCUT2D eigenvalue weighted by atomic mass is 19.1. The first-order valence-electron chi connectivity index (χ1n) is 10.9. The maximum atomic E-state index is 13.3. The van der Waals surface area contributed by atoms with Gasteiger partial charge in [-0.15, -0.1) is 0 Å². The predicted molar refractivity (Wildman–Crippen MR) is 123 cm³/mol. The fraction of sp³-hybridized carbons (Fsp3) is 0.280. The number of aromatic nitrogens is 1. The topological polar surface area (TPSA) is 92.9 Å². The third-order valence-electron chi connectivity index (χ3n) is 5.56. The summed E-state index contributed by atoms with van der Waals surface area (Å²) in [7, 11) is 0. The van der Waals surface area contributed by atoms with Gasteiger partial charge in [-0.2, -0.15) is 0 Å². The van der Waals surface area contributed by atoms with E-state index in [4.69, 9.17) is 14.2 Å². The van der Waals surface area contributed by atoms with Crippen molar-refractivity contribution in [2.75, 3.05) is 18.7 Å². The number of nitrogens with zero attached hydrogens (tertiary/aromatic N) is 1. The normalized spacial score (nSPS) is 11.9. The maximum absolute atomic E-state index is 13.3. The van der Waals surface area contributed by atoms with Crippen molar-refractivity contribution in [3.05, 3.63) is 76.4 Å². The summed E-state index contributed by atoms with van der Waals surface area (Å²) < 4.78 is 29.3. The van der Waals surface area contributed by atoms with Gasteiger partial charge in [-0.1, -0.05) is 6.07 Å². The smallest absolute Gasteiger partial charge is 0.340 e. The number of carbonyl (C=O) groups is 2. The Morgan fingerprint density at radius 3 is 2.56 bits per heavy atom. The third kappa shape index (κ3) is 4.98. The number of nitrogens with one attached hydrogen (secondary N) is 2. The number of esters is 1. The van der Waals surface area contributed by atoms with E-state index in [1.807, 2.05) is 19.1 Å². The van der Waals surface area contributed by atoms with Crippen molar-refractivity contribution in [3.63, 3.8) is 0 Å². The van der Waals surface area contributed by atoms with Crippen LogP contribution in [-0.2, 0) is 17.8 Å². The molecular formula is C25H26FN3O5. The minimum Gasteiger partial charge on any atom is -0.462 e. The fourth-order valence-corrected chi connectivity index (χ4v) is 3.87. The number of halogens is 1. The van der Waals surface area contributed by atoms with Gasteiger partial charge in [0.1, 0.15) is 5.82 Å². The van der Waals surface area contributed by atoms with Gasteiger partial charge in [-0.25, -0.2) is 14.0 Å². The third-order valence-corrected chi connectivity index (χ3v) is 5.56. The molecular weight excluding hydrogens is 441 g/mol. The Balaban J connectivity index is 1.60. The molecule has 8 nitrogen and oxygen atoms in total. The van der Waals surface area contributed by atoms with Crippen LogP contribution in [0, 0.1) is 19.7 Å². The summed E-state index contributed by atoms with van der Waals surface area (Å²) in [6, 6.07) is 10.7. The van der Waals surface area contributed by atoms with E-state index in [1.165, 1.54) is 24.3 Å². The fourth-order valence-electron chi connectivity index (χ4n) is 3.87. The number of hydrogen-bond acceptors (Lipinski definition) is 5. The van der Waals surface area contributed by atoms with Gasteiger partial charge in [0, 0.05) is 23.6 Å². The van der Waals surface area contributed by atoms with E-state index in [1.54, 1.807) is 24.8 Å². The molecule has 1 aliphatic rings. The van der Waals surface area contributed by atoms with Crippen LogP contribution in [-0.4, -0.2) is 35.3 Å². The average molecular weight is 467 g/mol. The molecule has 1 aromatic heterocycles. The van der Waals surface area contributed by atoms with E-state index >= 15 is 0 Å². The van der Waals surface area contributed by atoms with Gasteiger partial charge in [0.15, 0.2) is 11.5 Å². The molecule has 34 heavy (non-hydrogen) atoms. The number of anilines is 1. The molecule has 1 aliphatic heterocycles. The molecule has 0 spiro atoms. The van der Waals surface area contributed by atoms with Crippen LogP contribution in [0.15, 0.2) is 42.5 Å². The van der Waals surface area contributed by atoms with E-state index in [9.17, 15) is 14.0 Å². The zero-order valence-corrected chi connectivity index (χ0v) is 19.2. The van der Waals surface area contributed by atoms with E-state index in [-0.39, 0.29) is 38.3 Å². The molecule has 0 unspecified atom stereocenters. The Kier molecular flexibility index (Phi) is 6.72. The molecule has 0 aliphatic carbocycles. The molecule has 178 valence electrons. The lowest BCUT2D eigenvalue weighted by Gasteiger charge is -2.23. The molecule has 0 radical (unpaired) electrons. The molecule has 2 N–H and O–H groups in total. The van der Waals surface area contributed by atoms with Gasteiger partial charge in [-0.3, -0.25) is 0 Å². The van der Waals surface area contributed by atoms with Crippen LogP contribution in [0.2, 0.25) is 0 Å². The second-order valence-electron chi connectivity index (χ2n) is 7.93. The summed E-state index contributed by atoms with van der Waals surface area (Å²) in [5.74, 6) is 0.478. The van der Waals surface area contributed by atoms with Crippen molar-refractivity contribution in [2.24, 2.45) is 0 Å². The van der Waals surface area contributed by atoms with Crippen LogP contribution in [0.25, 0.3) is 0 Å². The van der Waals surface area contributed by atoms with Crippen molar-refractivity contribution in [3.8, 4) is 11.5 Å². The van der Waals surface area contributed by atoms with Crippen molar-refractivity contribution in [1.82, 2.24) is 9.88 Å². The minimum absolute atomic E-state index is 0.158. The summed E-state index contributed by atoms with van der Waals surface area (Å²) in [4.78, 5) is 30.4. The van der Waals surface area contributed by atoms with E-state index < -0.39 is 5.97 Å². The molecule has 0 atom stereocenters. The Labute approximate surface area is 196 Å². The number of H-pyrrole nitrogens is 1. The quantitative estimate of drug-likeness (QED) is 0.482. The standard InChI is InChI=1S/C25H26FN3O5/c1-4-32-24(30)23-15(2)20(27-16(23)3)13-29(25(31)28-19-8-6-18(26)7-9-19)12-17-5-10-21-22(11-17)34-14-33-21/h5-11,27H,4,12-14H2,1-3H3,(H,28,31). The summed E-state index contributed by atoms with van der Waals surface area (Å²) in [6.45, 7) is 6.26. The second kappa shape index (κ2) is 9.86. The lowest BCUT2D eigenvalue weighted by Crippen LogP contribution is -2.34. The number of rotatable bonds is 7. The van der Waals surface area contributed by atoms with Crippen LogP contribution in [0.4, 0.5) is 14.9 Å². The Morgan fingerprint density at radius 2 is 1.82 bits per heavy atom. The van der Waals surface area contributed by atoms with Crippen LogP contribution in [0.1, 0.15) is 39.8 Å². The monoisotopic (exact) mass is 467 g/mol. The average Bonchev–Trinajstić information content (AvgIpc) is 3.38. The van der Waals surface area contributed by atoms with Crippen LogP contribution in [0.3, 0.4) is 0 Å². The van der Waals surface area contributed by atoms with Crippen LogP contribution in [0.5, 0.6) is 11.5 Å². The molecule has 2 aromatic carbocycles. The molecule has 2 heterocycles. The van der Waals surface area contributed by atoms with E-state index in [2.05, 4.69) is 10.3 Å². The molecule has 0 saturated carbocycles. The first kappa shape index (κ1) is 23.2. The van der Waals surface area contributed by atoms with Gasteiger partial charge in [0.25, 0.3) is 0 Å². The van der Waals surface area contributed by atoms with Crippen molar-refractivity contribution in [1.29, 1.82) is 0 Å². The number of amides is 2. The first-order valence-corrected chi connectivity index (χ1v) is 10.9. The van der Waals surface area contributed by atoms with Crippen molar-refractivity contribution < 1.29 is 28.2 Å². The highest BCUT2D eigenvalue weighted by molar-refractivity contribution is 5.93. The molecule has 2 amide bonds. The number of benzene rings is 2. The number of hydrogen-bond donors (Lipinski definition) is 2. The number of fused-ring (bicyclic) bond motifs is 1. The Bertz CT molecular complexity index is 1210. The van der Waals surface area contributed by atoms with E-state index in [0.29, 0.717) is 28.4 Å². The number of aryl methyl sites for hydroxylation is 1. The van der Waals surface area contributed by atoms with Gasteiger partial charge < -0.3 is 29.4 Å². The zero-order chi connectivity index (χ0) is 24.2. The SMILES string of the molecule is CCOC(=O)c1c(C)[nH]c(CN(Cc2ccc3c(c2)OCO3)C(=O)Nc2ccc(F)cc2)c1C. The number of carbonyl (C=O) groups excluding carboxylic acids is 2. The predicted octanol–water partition coefficient (Wildman–Crippen LogP) is 4.91. The molecule has 9 heteroatoms. The van der Waals surface area contributed by atoms with Gasteiger partial charge in [0.2, 0.25) is 6.79 Å². The molecule has 0 bridgehead atoms. The summed E-state index contributed by atoms with van der Waals surface area (Å²) in [5.41, 5.74) is 3.89. The highest BCUT2D eigenvalue weighted by Gasteiger charge is 2.23. The summed E-state index contributed by atoms with van der Waals surface area (Å²) >= 11 is 0. The Hall–Kier alpha value is -4.01. The second-order valence-corrected chi connectivity index (χ2v) is 7.93. The van der Waals surface area contributed by atoms with Crippen molar-refractivity contribution in [2.45, 2.75) is 33.9 Å². The Morgan fingerprint density at radius 1 is 1.09 bits per heavy atom. The van der Waals surface area contributed by atoms with Crippen LogP contribution >= 0.6 is 0 Å². The molecule has 3 aromatic rings. The largest absolute Gasteiger partial charge is 0.462 e. The zero-order valence-electron chi connectivity index (χ0n) is 19.2. The number of ether oxygens (including phenoxy) is 3. The van der Waals surface area contributed by atoms with E-state index in [0.717, 1.165) is 16.8 Å². The first-order chi connectivity index (χ1) is 16.4. The number of aromatic amines is 1. The van der Waals surface area contributed by atoms with Gasteiger partial charge in [0.05, 0.1) is 18.7 Å². The lowest BCUT2D eigenvalue weighted by molar-refractivity contribution is 0.0525. The lowest BCUT2D eigenvalue weighted by atomic mass is 10.1. The maximum Gasteiger partial charge on any atom is 0.340 e. The summed E-state index contributed by atoms with van der Waals surface area (Å²) in [6.07, 6.45) is 0.